The number of rotatable bonds is 2. The Morgan fingerprint density at radius 2 is 1.68 bits per heavy atom. The minimum atomic E-state index is -1.42. The molecule has 0 saturated heterocycles. The van der Waals surface area contributed by atoms with E-state index in [1.165, 1.54) is 6.08 Å². The van der Waals surface area contributed by atoms with E-state index in [0.717, 1.165) is 47.1 Å². The van der Waals surface area contributed by atoms with Gasteiger partial charge in [-0.25, -0.2) is 0 Å². The SMILES string of the molecule is C=C1C2=C(CCC/C2=C\c2ccccc2)[C@@H](c2ccccc2)[C@]12C(=O)C=C(C)OC2=O. The van der Waals surface area contributed by atoms with Crippen LogP contribution in [0.25, 0.3) is 6.08 Å². The van der Waals surface area contributed by atoms with E-state index in [1.54, 1.807) is 6.92 Å². The van der Waals surface area contributed by atoms with E-state index < -0.39 is 11.4 Å². The highest BCUT2D eigenvalue weighted by atomic mass is 16.5. The molecule has 2 aromatic carbocycles. The molecular weight excluding hydrogens is 384 g/mol. The standard InChI is InChI=1S/C28H24O3/c1-18-16-24(29)28(27(30)31-18)19(2)25-22(17-20-10-5-3-6-11-20)14-9-15-23(25)26(28)21-12-7-4-8-13-21/h3-8,10-13,16-17,26H,2,9,14-15H2,1H3/b22-17+/t26-,28-/m1/s1. The molecule has 0 aromatic heterocycles. The second-order valence-electron chi connectivity index (χ2n) is 8.47. The second-order valence-corrected chi connectivity index (χ2v) is 8.47. The average Bonchev–Trinajstić information content (AvgIpc) is 3.04. The third-order valence-electron chi connectivity index (χ3n) is 6.67. The molecular formula is C28H24O3. The van der Waals surface area contributed by atoms with Gasteiger partial charge >= 0.3 is 5.97 Å². The maximum Gasteiger partial charge on any atom is 0.330 e. The molecule has 5 rings (SSSR count). The summed E-state index contributed by atoms with van der Waals surface area (Å²) in [5, 5.41) is 0. The zero-order valence-electron chi connectivity index (χ0n) is 17.6. The number of allylic oxidation sites excluding steroid dienone is 5. The van der Waals surface area contributed by atoms with Gasteiger partial charge in [0.1, 0.15) is 5.76 Å². The minimum absolute atomic E-state index is 0.228. The molecule has 154 valence electrons. The van der Waals surface area contributed by atoms with Crippen molar-refractivity contribution in [2.45, 2.75) is 32.1 Å². The van der Waals surface area contributed by atoms with E-state index >= 15 is 0 Å². The van der Waals surface area contributed by atoms with Gasteiger partial charge in [0.05, 0.1) is 0 Å². The van der Waals surface area contributed by atoms with Crippen molar-refractivity contribution in [2.24, 2.45) is 5.41 Å². The fraction of sp³-hybridized carbons (Fsp3) is 0.214. The van der Waals surface area contributed by atoms with Crippen molar-refractivity contribution in [2.75, 3.05) is 0 Å². The molecule has 2 aliphatic carbocycles. The summed E-state index contributed by atoms with van der Waals surface area (Å²) in [6, 6.07) is 20.0. The van der Waals surface area contributed by atoms with Crippen LogP contribution in [-0.2, 0) is 14.3 Å². The van der Waals surface area contributed by atoms with E-state index in [-0.39, 0.29) is 11.7 Å². The molecule has 3 nitrogen and oxygen atoms in total. The van der Waals surface area contributed by atoms with Gasteiger partial charge in [-0.05, 0) is 54.0 Å². The maximum absolute atomic E-state index is 13.6. The first-order valence-corrected chi connectivity index (χ1v) is 10.7. The predicted molar refractivity (Wildman–Crippen MR) is 121 cm³/mol. The van der Waals surface area contributed by atoms with Crippen LogP contribution in [0.5, 0.6) is 0 Å². The number of benzene rings is 2. The quantitative estimate of drug-likeness (QED) is 0.458. The minimum Gasteiger partial charge on any atom is -0.430 e. The van der Waals surface area contributed by atoms with Crippen molar-refractivity contribution in [3.8, 4) is 0 Å². The van der Waals surface area contributed by atoms with Crippen LogP contribution in [0.3, 0.4) is 0 Å². The van der Waals surface area contributed by atoms with Crippen LogP contribution < -0.4 is 0 Å². The highest BCUT2D eigenvalue weighted by Crippen LogP contribution is 2.62. The number of esters is 1. The number of ketones is 1. The molecule has 2 atom stereocenters. The van der Waals surface area contributed by atoms with Crippen molar-refractivity contribution in [1.82, 2.24) is 0 Å². The zero-order valence-corrected chi connectivity index (χ0v) is 17.6. The van der Waals surface area contributed by atoms with E-state index in [2.05, 4.69) is 24.8 Å². The first kappa shape index (κ1) is 19.5. The highest BCUT2D eigenvalue weighted by Gasteiger charge is 2.63. The molecule has 0 saturated carbocycles. The van der Waals surface area contributed by atoms with Gasteiger partial charge in [-0.15, -0.1) is 0 Å². The van der Waals surface area contributed by atoms with Crippen LogP contribution in [0.15, 0.2) is 101 Å². The number of hydrogen-bond donors (Lipinski definition) is 0. The zero-order chi connectivity index (χ0) is 21.6. The number of carbonyl (C=O) groups is 2. The summed E-state index contributed by atoms with van der Waals surface area (Å²) in [5.41, 5.74) is 4.47. The third kappa shape index (κ3) is 2.88. The topological polar surface area (TPSA) is 43.4 Å². The van der Waals surface area contributed by atoms with E-state index in [1.807, 2.05) is 48.5 Å². The third-order valence-corrected chi connectivity index (χ3v) is 6.67. The number of carbonyl (C=O) groups excluding carboxylic acids is 2. The Morgan fingerprint density at radius 1 is 1.00 bits per heavy atom. The molecule has 0 unspecified atom stereocenters. The Hall–Kier alpha value is -3.46. The summed E-state index contributed by atoms with van der Waals surface area (Å²) >= 11 is 0. The van der Waals surface area contributed by atoms with Gasteiger partial charge in [0.2, 0.25) is 0 Å². The van der Waals surface area contributed by atoms with E-state index in [4.69, 9.17) is 4.74 Å². The molecule has 0 radical (unpaired) electrons. The monoisotopic (exact) mass is 408 g/mol. The van der Waals surface area contributed by atoms with Gasteiger partial charge in [0.25, 0.3) is 0 Å². The maximum atomic E-state index is 13.6. The molecule has 3 heteroatoms. The molecule has 3 aliphatic rings. The van der Waals surface area contributed by atoms with Crippen molar-refractivity contribution in [3.05, 3.63) is 112 Å². The van der Waals surface area contributed by atoms with Crippen LogP contribution in [0.2, 0.25) is 0 Å². The second kappa shape index (κ2) is 7.35. The van der Waals surface area contributed by atoms with Crippen LogP contribution in [0.4, 0.5) is 0 Å². The fourth-order valence-electron chi connectivity index (χ4n) is 5.41. The van der Waals surface area contributed by atoms with Gasteiger partial charge in [-0.3, -0.25) is 9.59 Å². The van der Waals surface area contributed by atoms with Gasteiger partial charge in [-0.1, -0.05) is 78.9 Å². The van der Waals surface area contributed by atoms with Gasteiger partial charge < -0.3 is 4.74 Å². The van der Waals surface area contributed by atoms with Crippen LogP contribution >= 0.6 is 0 Å². The fourth-order valence-corrected chi connectivity index (χ4v) is 5.41. The lowest BCUT2D eigenvalue weighted by atomic mass is 9.66. The smallest absolute Gasteiger partial charge is 0.330 e. The number of ether oxygens (including phenoxy) is 1. The summed E-state index contributed by atoms with van der Waals surface area (Å²) in [4.78, 5) is 27.0. The molecule has 0 bridgehead atoms. The van der Waals surface area contributed by atoms with Gasteiger partial charge in [0, 0.05) is 12.0 Å². The lowest BCUT2D eigenvalue weighted by Crippen LogP contribution is -2.46. The Morgan fingerprint density at radius 3 is 2.35 bits per heavy atom. The van der Waals surface area contributed by atoms with Crippen molar-refractivity contribution >= 4 is 17.8 Å². The lowest BCUT2D eigenvalue weighted by molar-refractivity contribution is -0.155. The molecule has 0 fully saturated rings. The summed E-state index contributed by atoms with van der Waals surface area (Å²) in [6.07, 6.45) is 6.33. The van der Waals surface area contributed by atoms with Gasteiger partial charge in [0.15, 0.2) is 11.2 Å². The van der Waals surface area contributed by atoms with Crippen molar-refractivity contribution in [3.63, 3.8) is 0 Å². The largest absolute Gasteiger partial charge is 0.430 e. The predicted octanol–water partition coefficient (Wildman–Crippen LogP) is 5.92. The van der Waals surface area contributed by atoms with Crippen LogP contribution in [-0.4, -0.2) is 11.8 Å². The summed E-state index contributed by atoms with van der Waals surface area (Å²) in [6.45, 7) is 6.00. The molecule has 1 aliphatic heterocycles. The Balaban J connectivity index is 1.75. The molecule has 0 N–H and O–H groups in total. The number of hydrogen-bond acceptors (Lipinski definition) is 3. The molecule has 1 heterocycles. The summed E-state index contributed by atoms with van der Waals surface area (Å²) < 4.78 is 5.57. The molecule has 1 spiro atoms. The molecule has 2 aromatic rings. The van der Waals surface area contributed by atoms with Gasteiger partial charge in [-0.2, -0.15) is 0 Å². The Bertz CT molecular complexity index is 1180. The lowest BCUT2D eigenvalue weighted by Gasteiger charge is -2.36. The first-order chi connectivity index (χ1) is 15.0. The highest BCUT2D eigenvalue weighted by molar-refractivity contribution is 6.17. The Kier molecular flexibility index (Phi) is 4.62. The first-order valence-electron chi connectivity index (χ1n) is 10.7. The normalized spacial score (nSPS) is 26.9. The molecule has 31 heavy (non-hydrogen) atoms. The van der Waals surface area contributed by atoms with E-state index in [9.17, 15) is 9.59 Å². The van der Waals surface area contributed by atoms with Crippen LogP contribution in [0, 0.1) is 5.41 Å². The summed E-state index contributed by atoms with van der Waals surface area (Å²) in [7, 11) is 0. The molecule has 0 amide bonds. The van der Waals surface area contributed by atoms with E-state index in [0.29, 0.717) is 11.3 Å². The number of cyclic esters (lactones) is 1. The summed E-state index contributed by atoms with van der Waals surface area (Å²) in [5.74, 6) is -0.788. The van der Waals surface area contributed by atoms with Crippen molar-refractivity contribution < 1.29 is 14.3 Å². The van der Waals surface area contributed by atoms with Crippen LogP contribution in [0.1, 0.15) is 43.2 Å². The van der Waals surface area contributed by atoms with Crippen molar-refractivity contribution in [1.29, 1.82) is 0 Å². The average molecular weight is 408 g/mol. The Labute approximate surface area is 182 Å².